The molecule has 0 radical (unpaired) electrons. The fraction of sp³-hybridized carbons (Fsp3) is 0.500. The first-order valence-electron chi connectivity index (χ1n) is 5.26. The largest absolute Gasteiger partial charge is 0.449 e. The molecule has 0 fully saturated rings. The average molecular weight is 221 g/mol. The minimum atomic E-state index is -0.406. The molecule has 0 spiro atoms. The Morgan fingerprint density at radius 2 is 2.38 bits per heavy atom. The van der Waals surface area contributed by atoms with E-state index in [1.54, 1.807) is 20.0 Å². The van der Waals surface area contributed by atoms with Gasteiger partial charge in [-0.1, -0.05) is 5.92 Å². The number of hydrogen-bond acceptors (Lipinski definition) is 3. The summed E-state index contributed by atoms with van der Waals surface area (Å²) in [5.74, 6) is 5.61. The molecular formula is C12H15NO3. The zero-order valence-corrected chi connectivity index (χ0v) is 9.58. The van der Waals surface area contributed by atoms with Crippen molar-refractivity contribution in [2.75, 3.05) is 13.2 Å². The topological polar surface area (TPSA) is 46.6 Å². The van der Waals surface area contributed by atoms with Crippen LogP contribution in [0.5, 0.6) is 0 Å². The van der Waals surface area contributed by atoms with Crippen LogP contribution in [0.15, 0.2) is 11.8 Å². The van der Waals surface area contributed by atoms with E-state index in [0.29, 0.717) is 31.6 Å². The quantitative estimate of drug-likeness (QED) is 0.667. The summed E-state index contributed by atoms with van der Waals surface area (Å²) in [4.78, 5) is 24.4. The summed E-state index contributed by atoms with van der Waals surface area (Å²) in [5, 5.41) is 0. The minimum Gasteiger partial charge on any atom is -0.449 e. The number of carbonyl (C=O) groups is 2. The summed E-state index contributed by atoms with van der Waals surface area (Å²) in [7, 11) is 0. The van der Waals surface area contributed by atoms with E-state index in [1.165, 1.54) is 4.90 Å². The summed E-state index contributed by atoms with van der Waals surface area (Å²) < 4.78 is 4.86. The molecule has 0 N–H and O–H groups in total. The van der Waals surface area contributed by atoms with Crippen molar-refractivity contribution in [2.45, 2.75) is 26.7 Å². The van der Waals surface area contributed by atoms with E-state index in [0.717, 1.165) is 0 Å². The van der Waals surface area contributed by atoms with Crippen LogP contribution in [-0.4, -0.2) is 29.9 Å². The molecule has 0 bridgehead atoms. The monoisotopic (exact) mass is 221 g/mol. The van der Waals surface area contributed by atoms with Crippen molar-refractivity contribution >= 4 is 11.9 Å². The molecule has 4 nitrogen and oxygen atoms in total. The smallest absolute Gasteiger partial charge is 0.413 e. The molecule has 1 heterocycles. The van der Waals surface area contributed by atoms with Crippen LogP contribution in [0, 0.1) is 11.8 Å². The number of carbonyl (C=O) groups excluding carboxylic acids is 2. The van der Waals surface area contributed by atoms with Crippen LogP contribution in [0.1, 0.15) is 26.7 Å². The lowest BCUT2D eigenvalue weighted by Crippen LogP contribution is -2.33. The Bertz CT molecular complexity index is 373. The van der Waals surface area contributed by atoms with Gasteiger partial charge in [0.15, 0.2) is 5.78 Å². The molecule has 1 rings (SSSR count). The predicted octanol–water partition coefficient (Wildman–Crippen LogP) is 1.72. The van der Waals surface area contributed by atoms with Crippen molar-refractivity contribution < 1.29 is 14.3 Å². The highest BCUT2D eigenvalue weighted by Gasteiger charge is 2.22. The summed E-state index contributed by atoms with van der Waals surface area (Å²) in [6.45, 7) is 4.19. The normalized spacial score (nSPS) is 15.0. The Kier molecular flexibility index (Phi) is 4.59. The maximum atomic E-state index is 11.5. The summed E-state index contributed by atoms with van der Waals surface area (Å²) in [5.41, 5.74) is 0.577. The third-order valence-corrected chi connectivity index (χ3v) is 2.21. The molecular weight excluding hydrogens is 206 g/mol. The molecule has 0 aromatic carbocycles. The molecule has 16 heavy (non-hydrogen) atoms. The lowest BCUT2D eigenvalue weighted by Gasteiger charge is -2.22. The van der Waals surface area contributed by atoms with E-state index >= 15 is 0 Å². The second-order valence-corrected chi connectivity index (χ2v) is 3.32. The van der Waals surface area contributed by atoms with Gasteiger partial charge in [0.05, 0.1) is 6.61 Å². The third kappa shape index (κ3) is 3.13. The number of Topliss-reactive ketones (excluding diaryl/α,β-unsaturated/α-hetero) is 1. The van der Waals surface area contributed by atoms with Gasteiger partial charge < -0.3 is 4.74 Å². The van der Waals surface area contributed by atoms with Crippen molar-refractivity contribution in [1.82, 2.24) is 4.90 Å². The number of hydrogen-bond donors (Lipinski definition) is 0. The number of allylic oxidation sites excluding steroid dienone is 1. The molecule has 0 saturated heterocycles. The zero-order chi connectivity index (χ0) is 12.0. The first-order valence-corrected chi connectivity index (χ1v) is 5.26. The Balaban J connectivity index is 2.74. The molecule has 0 aliphatic carbocycles. The first kappa shape index (κ1) is 12.3. The SMILES string of the molecule is CC#CCC1=CN(C(=O)OCC)CCC1=O. The average Bonchev–Trinajstić information content (AvgIpc) is 2.28. The molecule has 0 atom stereocenters. The van der Waals surface area contributed by atoms with Gasteiger partial charge in [0.1, 0.15) is 0 Å². The van der Waals surface area contributed by atoms with E-state index < -0.39 is 6.09 Å². The molecule has 1 amide bonds. The van der Waals surface area contributed by atoms with Crippen LogP contribution in [0.4, 0.5) is 4.79 Å². The third-order valence-electron chi connectivity index (χ3n) is 2.21. The Morgan fingerprint density at radius 3 is 3.00 bits per heavy atom. The highest BCUT2D eigenvalue weighted by atomic mass is 16.6. The maximum absolute atomic E-state index is 11.5. The van der Waals surface area contributed by atoms with Gasteiger partial charge in [-0.25, -0.2) is 4.79 Å². The summed E-state index contributed by atoms with van der Waals surface area (Å²) >= 11 is 0. The van der Waals surface area contributed by atoms with Gasteiger partial charge >= 0.3 is 6.09 Å². The van der Waals surface area contributed by atoms with Gasteiger partial charge in [0.2, 0.25) is 0 Å². The van der Waals surface area contributed by atoms with Crippen LogP contribution in [0.3, 0.4) is 0 Å². The van der Waals surface area contributed by atoms with Gasteiger partial charge in [0.25, 0.3) is 0 Å². The number of rotatable bonds is 2. The maximum Gasteiger partial charge on any atom is 0.413 e. The molecule has 86 valence electrons. The summed E-state index contributed by atoms with van der Waals surface area (Å²) in [6, 6.07) is 0. The van der Waals surface area contributed by atoms with Gasteiger partial charge in [0, 0.05) is 31.2 Å². The fourth-order valence-corrected chi connectivity index (χ4v) is 1.39. The van der Waals surface area contributed by atoms with E-state index in [1.807, 2.05) is 0 Å². The number of ketones is 1. The van der Waals surface area contributed by atoms with Crippen LogP contribution in [0.25, 0.3) is 0 Å². The molecule has 0 aromatic heterocycles. The Hall–Kier alpha value is -1.76. The molecule has 0 aromatic rings. The first-order chi connectivity index (χ1) is 7.69. The highest BCUT2D eigenvalue weighted by Crippen LogP contribution is 2.14. The fourth-order valence-electron chi connectivity index (χ4n) is 1.39. The van der Waals surface area contributed by atoms with Crippen molar-refractivity contribution in [1.29, 1.82) is 0 Å². The lowest BCUT2D eigenvalue weighted by molar-refractivity contribution is -0.116. The van der Waals surface area contributed by atoms with Crippen LogP contribution in [0.2, 0.25) is 0 Å². The van der Waals surface area contributed by atoms with Crippen LogP contribution >= 0.6 is 0 Å². The van der Waals surface area contributed by atoms with Gasteiger partial charge in [-0.05, 0) is 13.8 Å². The standard InChI is InChI=1S/C12H15NO3/c1-3-5-6-10-9-13(8-7-11(10)14)12(15)16-4-2/h9H,4,6-8H2,1-2H3. The second kappa shape index (κ2) is 5.96. The Labute approximate surface area is 95.3 Å². The van der Waals surface area contributed by atoms with E-state index in [9.17, 15) is 9.59 Å². The van der Waals surface area contributed by atoms with Crippen LogP contribution < -0.4 is 0 Å². The molecule has 0 saturated carbocycles. The van der Waals surface area contributed by atoms with E-state index in [-0.39, 0.29) is 5.78 Å². The molecule has 1 aliphatic rings. The lowest BCUT2D eigenvalue weighted by atomic mass is 10.0. The van der Waals surface area contributed by atoms with Crippen molar-refractivity contribution in [2.24, 2.45) is 0 Å². The van der Waals surface area contributed by atoms with Gasteiger partial charge in [-0.15, -0.1) is 5.92 Å². The minimum absolute atomic E-state index is 0.0586. The molecule has 0 unspecified atom stereocenters. The summed E-state index contributed by atoms with van der Waals surface area (Å²) in [6.07, 6.45) is 1.88. The van der Waals surface area contributed by atoms with E-state index in [4.69, 9.17) is 4.74 Å². The van der Waals surface area contributed by atoms with E-state index in [2.05, 4.69) is 11.8 Å². The predicted molar refractivity (Wildman–Crippen MR) is 59.5 cm³/mol. The van der Waals surface area contributed by atoms with Gasteiger partial charge in [-0.2, -0.15) is 0 Å². The Morgan fingerprint density at radius 1 is 1.62 bits per heavy atom. The van der Waals surface area contributed by atoms with Crippen LogP contribution in [-0.2, 0) is 9.53 Å². The molecule has 1 aliphatic heterocycles. The van der Waals surface area contributed by atoms with Crippen molar-refractivity contribution in [3.05, 3.63) is 11.8 Å². The second-order valence-electron chi connectivity index (χ2n) is 3.32. The van der Waals surface area contributed by atoms with Crippen molar-refractivity contribution in [3.8, 4) is 11.8 Å². The zero-order valence-electron chi connectivity index (χ0n) is 9.58. The van der Waals surface area contributed by atoms with Crippen molar-refractivity contribution in [3.63, 3.8) is 0 Å². The number of nitrogens with zero attached hydrogens (tertiary/aromatic N) is 1. The number of ether oxygens (including phenoxy) is 1. The number of amides is 1. The molecule has 4 heteroatoms. The van der Waals surface area contributed by atoms with Gasteiger partial charge in [-0.3, -0.25) is 9.69 Å². The highest BCUT2D eigenvalue weighted by molar-refractivity contribution is 5.97.